The van der Waals surface area contributed by atoms with E-state index in [1.54, 1.807) is 0 Å². The zero-order chi connectivity index (χ0) is 18.2. The van der Waals surface area contributed by atoms with Gasteiger partial charge in [0.1, 0.15) is 4.75 Å². The zero-order valence-corrected chi connectivity index (χ0v) is 16.3. The molecule has 0 spiro atoms. The van der Waals surface area contributed by atoms with Crippen molar-refractivity contribution in [2.45, 2.75) is 43.8 Å². The highest BCUT2D eigenvalue weighted by molar-refractivity contribution is 7.81. The summed E-state index contributed by atoms with van der Waals surface area (Å²) < 4.78 is -0.552. The van der Waals surface area contributed by atoms with Crippen LogP contribution in [0.4, 0.5) is 0 Å². The van der Waals surface area contributed by atoms with Gasteiger partial charge in [-0.1, -0.05) is 124 Å². The van der Waals surface area contributed by atoms with Crippen molar-refractivity contribution in [3.05, 3.63) is 107 Å². The quantitative estimate of drug-likeness (QED) is 0.292. The average Bonchev–Trinajstić information content (AvgIpc) is 2.72. The van der Waals surface area contributed by atoms with E-state index in [1.807, 2.05) is 0 Å². The Morgan fingerprint density at radius 1 is 0.654 bits per heavy atom. The normalized spacial score (nSPS) is 11.5. The maximum absolute atomic E-state index is 6.39. The van der Waals surface area contributed by atoms with Crippen molar-refractivity contribution in [3.63, 3.8) is 0 Å². The molecule has 3 aromatic carbocycles. The molecule has 133 valence electrons. The third-order valence-corrected chi connectivity index (χ3v) is 5.75. The summed E-state index contributed by atoms with van der Waals surface area (Å²) in [6.45, 7) is 2.26. The molecule has 0 fully saturated rings. The Balaban J connectivity index is 2.06. The lowest BCUT2D eigenvalue weighted by atomic mass is 9.81. The Morgan fingerprint density at radius 3 is 1.77 bits per heavy atom. The first-order valence-corrected chi connectivity index (χ1v) is 10.1. The van der Waals surface area contributed by atoms with Crippen LogP contribution in [0.3, 0.4) is 0 Å². The maximum Gasteiger partial charge on any atom is 0.101 e. The van der Waals surface area contributed by atoms with E-state index in [1.165, 1.54) is 47.9 Å². The van der Waals surface area contributed by atoms with Crippen molar-refractivity contribution < 1.29 is 0 Å². The molecule has 0 unspecified atom stereocenters. The topological polar surface area (TPSA) is 0 Å². The molecule has 1 radical (unpaired) electrons. The predicted molar refractivity (Wildman–Crippen MR) is 115 cm³/mol. The van der Waals surface area contributed by atoms with E-state index in [2.05, 4.69) is 91.9 Å². The molecule has 1 heteroatoms. The number of hydrogen-bond acceptors (Lipinski definition) is 0. The number of hydrogen-bond donors (Lipinski definition) is 0. The second-order valence-corrected chi connectivity index (χ2v) is 7.49. The molecule has 0 heterocycles. The first-order chi connectivity index (χ1) is 12.8. The van der Waals surface area contributed by atoms with Crippen LogP contribution in [0.15, 0.2) is 84.9 Å². The van der Waals surface area contributed by atoms with Gasteiger partial charge in [-0.3, -0.25) is 0 Å². The van der Waals surface area contributed by atoms with Crippen molar-refractivity contribution in [2.24, 2.45) is 0 Å². The van der Waals surface area contributed by atoms with Crippen molar-refractivity contribution in [1.82, 2.24) is 0 Å². The van der Waals surface area contributed by atoms with Crippen LogP contribution in [-0.2, 0) is 11.2 Å². The van der Waals surface area contributed by atoms with E-state index in [0.29, 0.717) is 0 Å². The summed E-state index contributed by atoms with van der Waals surface area (Å²) in [6, 6.07) is 29.8. The van der Waals surface area contributed by atoms with Crippen molar-refractivity contribution in [1.29, 1.82) is 0 Å². The fourth-order valence-electron chi connectivity index (χ4n) is 3.65. The number of rotatable bonds is 8. The van der Waals surface area contributed by atoms with Gasteiger partial charge in [0.2, 0.25) is 0 Å². The van der Waals surface area contributed by atoms with Gasteiger partial charge in [-0.25, -0.2) is 0 Å². The molecular weight excluding hydrogens is 332 g/mol. The molecule has 0 aliphatic carbocycles. The van der Waals surface area contributed by atoms with Gasteiger partial charge < -0.3 is 0 Å². The van der Waals surface area contributed by atoms with Crippen molar-refractivity contribution in [2.75, 3.05) is 0 Å². The number of benzene rings is 3. The lowest BCUT2D eigenvalue weighted by Gasteiger charge is -2.31. The fraction of sp³-hybridized carbons (Fsp3) is 0.280. The van der Waals surface area contributed by atoms with Crippen LogP contribution in [0.2, 0.25) is 0 Å². The molecule has 3 aromatic rings. The Bertz CT molecular complexity index is 753. The highest BCUT2D eigenvalue weighted by Gasteiger charge is 2.34. The summed E-state index contributed by atoms with van der Waals surface area (Å²) in [4.78, 5) is 0. The Hall–Kier alpha value is -1.99. The first kappa shape index (κ1) is 18.8. The van der Waals surface area contributed by atoms with E-state index in [0.717, 1.165) is 6.42 Å². The monoisotopic (exact) mass is 359 g/mol. The minimum Gasteiger partial charge on any atom is -0.0710 e. The lowest BCUT2D eigenvalue weighted by Crippen LogP contribution is -2.24. The number of unbranched alkanes of at least 4 members (excludes halogenated alkanes) is 3. The molecule has 0 aromatic heterocycles. The SMILES string of the molecule is CCCCCCc1ccccc1C([S])(c1ccccc1)c1ccccc1. The van der Waals surface area contributed by atoms with Gasteiger partial charge in [0, 0.05) is 0 Å². The fourth-order valence-corrected chi connectivity index (χ4v) is 4.12. The van der Waals surface area contributed by atoms with Gasteiger partial charge in [0.05, 0.1) is 0 Å². The van der Waals surface area contributed by atoms with Gasteiger partial charge in [-0.05, 0) is 35.1 Å². The molecular formula is C25H27S. The summed E-state index contributed by atoms with van der Waals surface area (Å²) in [7, 11) is 0. The van der Waals surface area contributed by atoms with Crippen LogP contribution in [0.1, 0.15) is 54.9 Å². The Kier molecular flexibility index (Phi) is 6.57. The number of aryl methyl sites for hydroxylation is 1. The molecule has 0 saturated heterocycles. The van der Waals surface area contributed by atoms with Gasteiger partial charge in [0.25, 0.3) is 0 Å². The van der Waals surface area contributed by atoms with Crippen LogP contribution in [0, 0.1) is 0 Å². The molecule has 0 saturated carbocycles. The molecule has 0 bridgehead atoms. The second-order valence-electron chi connectivity index (χ2n) is 6.88. The summed E-state index contributed by atoms with van der Waals surface area (Å²) in [5.74, 6) is 0. The van der Waals surface area contributed by atoms with Gasteiger partial charge in [-0.15, -0.1) is 0 Å². The largest absolute Gasteiger partial charge is 0.101 e. The Labute approximate surface area is 163 Å². The van der Waals surface area contributed by atoms with E-state index in [4.69, 9.17) is 12.6 Å². The van der Waals surface area contributed by atoms with E-state index < -0.39 is 4.75 Å². The van der Waals surface area contributed by atoms with Crippen LogP contribution in [0.5, 0.6) is 0 Å². The predicted octanol–water partition coefficient (Wildman–Crippen LogP) is 7.30. The average molecular weight is 360 g/mol. The molecule has 0 atom stereocenters. The molecule has 3 rings (SSSR count). The van der Waals surface area contributed by atoms with E-state index in [9.17, 15) is 0 Å². The van der Waals surface area contributed by atoms with Crippen LogP contribution >= 0.6 is 12.6 Å². The summed E-state index contributed by atoms with van der Waals surface area (Å²) in [5, 5.41) is 0. The third kappa shape index (κ3) is 4.04. The van der Waals surface area contributed by atoms with Gasteiger partial charge >= 0.3 is 0 Å². The summed E-state index contributed by atoms with van der Waals surface area (Å²) in [5.41, 5.74) is 4.97. The molecule has 26 heavy (non-hydrogen) atoms. The lowest BCUT2D eigenvalue weighted by molar-refractivity contribution is 0.662. The molecule has 0 aliphatic heterocycles. The van der Waals surface area contributed by atoms with Crippen LogP contribution < -0.4 is 0 Å². The smallest absolute Gasteiger partial charge is 0.0710 e. The van der Waals surface area contributed by atoms with Crippen LogP contribution in [0.25, 0.3) is 0 Å². The summed E-state index contributed by atoms with van der Waals surface area (Å²) in [6.07, 6.45) is 6.17. The molecule has 0 N–H and O–H groups in total. The van der Waals surface area contributed by atoms with Crippen LogP contribution in [-0.4, -0.2) is 0 Å². The Morgan fingerprint density at radius 2 is 1.19 bits per heavy atom. The first-order valence-electron chi connectivity index (χ1n) is 9.66. The third-order valence-electron chi connectivity index (χ3n) is 5.06. The molecule has 0 amide bonds. The zero-order valence-electron chi connectivity index (χ0n) is 15.5. The van der Waals surface area contributed by atoms with Crippen molar-refractivity contribution in [3.8, 4) is 0 Å². The minimum absolute atomic E-state index is 0.552. The van der Waals surface area contributed by atoms with Crippen molar-refractivity contribution >= 4 is 12.6 Å². The maximum atomic E-state index is 6.39. The minimum atomic E-state index is -0.552. The molecule has 0 aliphatic rings. The van der Waals surface area contributed by atoms with E-state index >= 15 is 0 Å². The molecule has 0 nitrogen and oxygen atoms in total. The van der Waals surface area contributed by atoms with Gasteiger partial charge in [-0.2, -0.15) is 0 Å². The van der Waals surface area contributed by atoms with E-state index in [-0.39, 0.29) is 0 Å². The van der Waals surface area contributed by atoms with Gasteiger partial charge in [0.15, 0.2) is 0 Å². The summed E-state index contributed by atoms with van der Waals surface area (Å²) >= 11 is 6.39. The highest BCUT2D eigenvalue weighted by atomic mass is 32.1. The second kappa shape index (κ2) is 9.09. The standard InChI is InChI=1S/C25H27S/c1-2-3-4-7-14-21-15-12-13-20-24(21)25(26,22-16-8-5-9-17-22)23-18-10-6-11-19-23/h5-6,8-13,15-20H,2-4,7,14H2,1H3. The highest BCUT2D eigenvalue weighted by Crippen LogP contribution is 2.44.